The first-order valence-corrected chi connectivity index (χ1v) is 6.89. The Morgan fingerprint density at radius 2 is 2.10 bits per heavy atom. The zero-order valence-electron chi connectivity index (χ0n) is 11.5. The Kier molecular flexibility index (Phi) is 3.39. The van der Waals surface area contributed by atoms with Gasteiger partial charge in [-0.05, 0) is 19.9 Å². The van der Waals surface area contributed by atoms with Crippen molar-refractivity contribution in [3.05, 3.63) is 11.6 Å². The van der Waals surface area contributed by atoms with Crippen molar-refractivity contribution in [1.29, 1.82) is 0 Å². The Hall–Kier alpha value is -1.64. The highest BCUT2D eigenvalue weighted by Gasteiger charge is 2.41. The molecule has 2 aliphatic heterocycles. The zero-order valence-corrected chi connectivity index (χ0v) is 11.5. The van der Waals surface area contributed by atoms with Crippen LogP contribution in [0.5, 0.6) is 0 Å². The highest BCUT2D eigenvalue weighted by molar-refractivity contribution is 5.80. The number of halogens is 3. The second-order valence-electron chi connectivity index (χ2n) is 5.49. The Labute approximate surface area is 119 Å². The van der Waals surface area contributed by atoms with Gasteiger partial charge in [-0.25, -0.2) is 0 Å². The van der Waals surface area contributed by atoms with E-state index in [1.54, 1.807) is 4.90 Å². The van der Waals surface area contributed by atoms with Crippen molar-refractivity contribution in [2.75, 3.05) is 13.1 Å². The number of carbonyl (C=O) groups excluding carboxylic acids is 1. The fraction of sp³-hybridized carbons (Fsp3) is 0.750. The average Bonchev–Trinajstić information content (AvgIpc) is 3.02. The molecule has 1 fully saturated rings. The summed E-state index contributed by atoms with van der Waals surface area (Å²) in [6, 6.07) is 0.100. The van der Waals surface area contributed by atoms with Crippen LogP contribution in [-0.4, -0.2) is 44.7 Å². The summed E-state index contributed by atoms with van der Waals surface area (Å²) in [7, 11) is 0. The lowest BCUT2D eigenvalue weighted by Gasteiger charge is -2.31. The predicted octanol–water partition coefficient (Wildman–Crippen LogP) is 0.637. The van der Waals surface area contributed by atoms with Crippen LogP contribution in [0.2, 0.25) is 0 Å². The molecule has 6 nitrogen and oxygen atoms in total. The fourth-order valence-electron chi connectivity index (χ4n) is 2.99. The minimum absolute atomic E-state index is 0.0182. The van der Waals surface area contributed by atoms with Gasteiger partial charge in [0, 0.05) is 19.1 Å². The van der Waals surface area contributed by atoms with Crippen molar-refractivity contribution in [3.63, 3.8) is 0 Å². The molecule has 2 unspecified atom stereocenters. The Bertz CT molecular complexity index is 556. The summed E-state index contributed by atoms with van der Waals surface area (Å²) in [5.41, 5.74) is 0. The number of fused-ring (bicyclic) bond motifs is 1. The van der Waals surface area contributed by atoms with Crippen LogP contribution in [0.25, 0.3) is 0 Å². The van der Waals surface area contributed by atoms with E-state index in [0.29, 0.717) is 0 Å². The molecule has 9 heteroatoms. The van der Waals surface area contributed by atoms with Crippen LogP contribution < -0.4 is 5.32 Å². The number of nitrogens with zero attached hydrogens (tertiary/aromatic N) is 4. The van der Waals surface area contributed by atoms with Gasteiger partial charge in [0.15, 0.2) is 5.82 Å². The van der Waals surface area contributed by atoms with Gasteiger partial charge in [0.05, 0.1) is 12.5 Å². The lowest BCUT2D eigenvalue weighted by Crippen LogP contribution is -2.44. The third-order valence-electron chi connectivity index (χ3n) is 4.16. The van der Waals surface area contributed by atoms with Gasteiger partial charge < -0.3 is 14.8 Å². The highest BCUT2D eigenvalue weighted by Crippen LogP contribution is 2.30. The van der Waals surface area contributed by atoms with Crippen molar-refractivity contribution in [1.82, 2.24) is 25.0 Å². The minimum atomic E-state index is -4.51. The minimum Gasteiger partial charge on any atom is -0.333 e. The lowest BCUT2D eigenvalue weighted by atomic mass is 10.00. The van der Waals surface area contributed by atoms with E-state index in [4.69, 9.17) is 0 Å². The van der Waals surface area contributed by atoms with E-state index < -0.39 is 12.0 Å². The average molecular weight is 303 g/mol. The smallest absolute Gasteiger partial charge is 0.333 e. The highest BCUT2D eigenvalue weighted by atomic mass is 19.4. The first kappa shape index (κ1) is 14.3. The first-order valence-electron chi connectivity index (χ1n) is 6.89. The van der Waals surface area contributed by atoms with Crippen molar-refractivity contribution in [2.45, 2.75) is 38.7 Å². The maximum absolute atomic E-state index is 12.7. The first-order chi connectivity index (χ1) is 9.88. The van der Waals surface area contributed by atoms with E-state index in [0.717, 1.165) is 17.5 Å². The molecule has 3 heterocycles. The number of hydrogen-bond acceptors (Lipinski definition) is 4. The van der Waals surface area contributed by atoms with Gasteiger partial charge in [-0.3, -0.25) is 4.79 Å². The number of nitrogens with one attached hydrogen (secondary N) is 1. The molecule has 2 aliphatic rings. The van der Waals surface area contributed by atoms with Crippen molar-refractivity contribution < 1.29 is 18.0 Å². The van der Waals surface area contributed by atoms with Crippen LogP contribution in [0.15, 0.2) is 0 Å². The van der Waals surface area contributed by atoms with E-state index >= 15 is 0 Å². The summed E-state index contributed by atoms with van der Waals surface area (Å²) in [6.07, 6.45) is -3.75. The summed E-state index contributed by atoms with van der Waals surface area (Å²) in [4.78, 5) is 14.0. The molecule has 1 amide bonds. The van der Waals surface area contributed by atoms with Crippen LogP contribution in [0, 0.1) is 5.92 Å². The topological polar surface area (TPSA) is 63.1 Å². The van der Waals surface area contributed by atoms with Crippen LogP contribution in [0.4, 0.5) is 13.2 Å². The Balaban J connectivity index is 1.76. The molecule has 0 aromatic carbocycles. The van der Waals surface area contributed by atoms with Gasteiger partial charge >= 0.3 is 6.18 Å². The second-order valence-corrected chi connectivity index (χ2v) is 5.49. The molecule has 21 heavy (non-hydrogen) atoms. The van der Waals surface area contributed by atoms with Crippen LogP contribution >= 0.6 is 0 Å². The molecule has 0 radical (unpaired) electrons. The quantitative estimate of drug-likeness (QED) is 0.827. The predicted molar refractivity (Wildman–Crippen MR) is 66.0 cm³/mol. The maximum Gasteiger partial charge on any atom is 0.451 e. The maximum atomic E-state index is 12.7. The molecule has 0 spiro atoms. The molecule has 0 bridgehead atoms. The van der Waals surface area contributed by atoms with Gasteiger partial charge in [0.25, 0.3) is 0 Å². The van der Waals surface area contributed by atoms with E-state index in [-0.39, 0.29) is 43.3 Å². The normalized spacial score (nSPS) is 26.0. The number of alkyl halides is 3. The van der Waals surface area contributed by atoms with E-state index in [9.17, 15) is 18.0 Å². The van der Waals surface area contributed by atoms with Gasteiger partial charge in [0.1, 0.15) is 0 Å². The van der Waals surface area contributed by atoms with Crippen molar-refractivity contribution in [2.24, 2.45) is 5.92 Å². The summed E-state index contributed by atoms with van der Waals surface area (Å²) < 4.78 is 39.3. The second kappa shape index (κ2) is 4.97. The molecular weight excluding hydrogens is 287 g/mol. The number of amides is 1. The molecule has 1 aromatic rings. The van der Waals surface area contributed by atoms with Crippen LogP contribution in [0.3, 0.4) is 0 Å². The lowest BCUT2D eigenvalue weighted by molar-refractivity contribution is -0.148. The Morgan fingerprint density at radius 1 is 1.33 bits per heavy atom. The van der Waals surface area contributed by atoms with Crippen LogP contribution in [-0.2, 0) is 24.1 Å². The standard InChI is InChI=1S/C12H16F3N5O/c1-7-8(2-3-16-7)10(21)19-4-5-20-9(6-19)17-18-11(20)12(13,14)15/h7-8,16H,2-6H2,1H3. The molecule has 116 valence electrons. The van der Waals surface area contributed by atoms with Crippen molar-refractivity contribution >= 4 is 5.91 Å². The van der Waals surface area contributed by atoms with Gasteiger partial charge in [-0.2, -0.15) is 13.2 Å². The number of aromatic nitrogens is 3. The molecule has 3 rings (SSSR count). The van der Waals surface area contributed by atoms with Gasteiger partial charge in [-0.1, -0.05) is 0 Å². The van der Waals surface area contributed by atoms with E-state index in [1.807, 2.05) is 6.92 Å². The van der Waals surface area contributed by atoms with Crippen LogP contribution in [0.1, 0.15) is 25.0 Å². The summed E-state index contributed by atoms with van der Waals surface area (Å²) >= 11 is 0. The van der Waals surface area contributed by atoms with Crippen molar-refractivity contribution in [3.8, 4) is 0 Å². The van der Waals surface area contributed by atoms with E-state index in [1.165, 1.54) is 0 Å². The molecule has 0 aliphatic carbocycles. The van der Waals surface area contributed by atoms with Gasteiger partial charge in [0.2, 0.25) is 11.7 Å². The fourth-order valence-corrected chi connectivity index (χ4v) is 2.99. The number of carbonyl (C=O) groups is 1. The van der Waals surface area contributed by atoms with E-state index in [2.05, 4.69) is 15.5 Å². The third-order valence-corrected chi connectivity index (χ3v) is 4.16. The van der Waals surface area contributed by atoms with Gasteiger partial charge in [-0.15, -0.1) is 10.2 Å². The summed E-state index contributed by atoms with van der Waals surface area (Å²) in [6.45, 7) is 3.17. The summed E-state index contributed by atoms with van der Waals surface area (Å²) in [5.74, 6) is -0.919. The monoisotopic (exact) mass is 303 g/mol. The third kappa shape index (κ3) is 2.50. The number of rotatable bonds is 1. The SMILES string of the molecule is CC1NCCC1C(=O)N1CCn2c(nnc2C(F)(F)F)C1. The molecule has 1 saturated heterocycles. The number of hydrogen-bond donors (Lipinski definition) is 1. The largest absolute Gasteiger partial charge is 0.451 e. The zero-order chi connectivity index (χ0) is 15.2. The molecular formula is C12H16F3N5O. The Morgan fingerprint density at radius 3 is 2.71 bits per heavy atom. The molecule has 0 saturated carbocycles. The summed E-state index contributed by atoms with van der Waals surface area (Å²) in [5, 5.41) is 10.0. The molecule has 1 N–H and O–H groups in total. The molecule has 2 atom stereocenters. The molecule has 1 aromatic heterocycles.